The van der Waals surface area contributed by atoms with Gasteiger partial charge >= 0.3 is 0 Å². The lowest BCUT2D eigenvalue weighted by atomic mass is 9.95. The summed E-state index contributed by atoms with van der Waals surface area (Å²) in [6.45, 7) is 4.10. The van der Waals surface area contributed by atoms with E-state index >= 15 is 0 Å². The Morgan fingerprint density at radius 2 is 2.33 bits per heavy atom. The summed E-state index contributed by atoms with van der Waals surface area (Å²) in [7, 11) is 2.00. The standard InChI is InChI=1S/C13H19NO/c1-10-5-6-13-12(8-10)11(9-15-13)4-3-7-14-2/h5-6,8,11,14H,3-4,7,9H2,1-2H3. The summed E-state index contributed by atoms with van der Waals surface area (Å²) in [5.41, 5.74) is 2.74. The highest BCUT2D eigenvalue weighted by atomic mass is 16.5. The van der Waals surface area contributed by atoms with Gasteiger partial charge in [-0.05, 0) is 39.4 Å². The van der Waals surface area contributed by atoms with Crippen LogP contribution in [0.2, 0.25) is 0 Å². The second-order valence-electron chi connectivity index (χ2n) is 4.29. The van der Waals surface area contributed by atoms with E-state index in [1.807, 2.05) is 7.05 Å². The number of aryl methyl sites for hydroxylation is 1. The molecule has 0 aliphatic carbocycles. The maximum atomic E-state index is 5.68. The fourth-order valence-corrected chi connectivity index (χ4v) is 2.16. The number of hydrogen-bond donors (Lipinski definition) is 1. The molecule has 1 aromatic carbocycles. The van der Waals surface area contributed by atoms with E-state index in [0.717, 1.165) is 18.9 Å². The summed E-state index contributed by atoms with van der Waals surface area (Å²) in [4.78, 5) is 0. The number of nitrogens with one attached hydrogen (secondary N) is 1. The van der Waals surface area contributed by atoms with Gasteiger partial charge in [0.25, 0.3) is 0 Å². The van der Waals surface area contributed by atoms with Crippen LogP contribution < -0.4 is 10.1 Å². The summed E-state index contributed by atoms with van der Waals surface area (Å²) in [6, 6.07) is 6.49. The van der Waals surface area contributed by atoms with Crippen LogP contribution in [-0.2, 0) is 0 Å². The molecule has 0 fully saturated rings. The van der Waals surface area contributed by atoms with Gasteiger partial charge in [0.15, 0.2) is 0 Å². The predicted molar refractivity (Wildman–Crippen MR) is 62.6 cm³/mol. The Morgan fingerprint density at radius 3 is 3.13 bits per heavy atom. The summed E-state index contributed by atoms with van der Waals surface area (Å²) >= 11 is 0. The molecule has 0 spiro atoms. The van der Waals surface area contributed by atoms with Crippen molar-refractivity contribution in [1.29, 1.82) is 0 Å². The molecule has 1 aliphatic rings. The van der Waals surface area contributed by atoms with Gasteiger partial charge in [-0.2, -0.15) is 0 Å². The summed E-state index contributed by atoms with van der Waals surface area (Å²) < 4.78 is 5.68. The topological polar surface area (TPSA) is 21.3 Å². The Hall–Kier alpha value is -1.02. The van der Waals surface area contributed by atoms with E-state index in [9.17, 15) is 0 Å². The molecule has 2 rings (SSSR count). The van der Waals surface area contributed by atoms with E-state index < -0.39 is 0 Å². The molecule has 2 nitrogen and oxygen atoms in total. The molecule has 0 bridgehead atoms. The minimum Gasteiger partial charge on any atom is -0.493 e. The maximum absolute atomic E-state index is 5.68. The molecule has 15 heavy (non-hydrogen) atoms. The second-order valence-corrected chi connectivity index (χ2v) is 4.29. The largest absolute Gasteiger partial charge is 0.493 e. The molecular weight excluding hydrogens is 186 g/mol. The molecular formula is C13H19NO. The molecule has 0 amide bonds. The third kappa shape index (κ3) is 2.32. The van der Waals surface area contributed by atoms with Crippen LogP contribution in [-0.4, -0.2) is 20.2 Å². The Morgan fingerprint density at radius 1 is 1.47 bits per heavy atom. The molecule has 0 radical (unpaired) electrons. The molecule has 82 valence electrons. The maximum Gasteiger partial charge on any atom is 0.122 e. The first kappa shape index (κ1) is 10.5. The molecule has 0 aromatic heterocycles. The zero-order chi connectivity index (χ0) is 10.7. The smallest absolute Gasteiger partial charge is 0.122 e. The fraction of sp³-hybridized carbons (Fsp3) is 0.538. The van der Waals surface area contributed by atoms with E-state index in [1.165, 1.54) is 24.0 Å². The minimum atomic E-state index is 0.605. The van der Waals surface area contributed by atoms with Gasteiger partial charge in [0, 0.05) is 11.5 Å². The lowest BCUT2D eigenvalue weighted by Gasteiger charge is -2.08. The number of hydrogen-bond acceptors (Lipinski definition) is 2. The molecule has 1 atom stereocenters. The van der Waals surface area contributed by atoms with Crippen molar-refractivity contribution in [3.8, 4) is 5.75 Å². The van der Waals surface area contributed by atoms with Crippen LogP contribution in [0.15, 0.2) is 18.2 Å². The Kier molecular flexibility index (Phi) is 3.27. The van der Waals surface area contributed by atoms with Crippen LogP contribution in [0.4, 0.5) is 0 Å². The highest BCUT2D eigenvalue weighted by Crippen LogP contribution is 2.36. The highest BCUT2D eigenvalue weighted by molar-refractivity contribution is 5.42. The number of benzene rings is 1. The van der Waals surface area contributed by atoms with Gasteiger partial charge in [-0.1, -0.05) is 17.7 Å². The Labute approximate surface area is 91.6 Å². The van der Waals surface area contributed by atoms with Crippen LogP contribution in [0.5, 0.6) is 5.75 Å². The number of fused-ring (bicyclic) bond motifs is 1. The van der Waals surface area contributed by atoms with Crippen molar-refractivity contribution in [3.05, 3.63) is 29.3 Å². The quantitative estimate of drug-likeness (QED) is 0.762. The first-order valence-corrected chi connectivity index (χ1v) is 5.69. The van der Waals surface area contributed by atoms with E-state index in [2.05, 4.69) is 30.4 Å². The van der Waals surface area contributed by atoms with Crippen LogP contribution >= 0.6 is 0 Å². The van der Waals surface area contributed by atoms with Crippen LogP contribution in [0.1, 0.15) is 29.9 Å². The molecule has 0 saturated carbocycles. The van der Waals surface area contributed by atoms with Crippen LogP contribution in [0.25, 0.3) is 0 Å². The normalized spacial score (nSPS) is 18.7. The zero-order valence-corrected chi connectivity index (χ0v) is 9.55. The third-order valence-electron chi connectivity index (χ3n) is 3.02. The van der Waals surface area contributed by atoms with Crippen molar-refractivity contribution >= 4 is 0 Å². The van der Waals surface area contributed by atoms with Crippen LogP contribution in [0, 0.1) is 6.92 Å². The van der Waals surface area contributed by atoms with Crippen molar-refractivity contribution in [2.75, 3.05) is 20.2 Å². The van der Waals surface area contributed by atoms with Gasteiger partial charge in [0.05, 0.1) is 6.61 Å². The summed E-state index contributed by atoms with van der Waals surface area (Å²) in [5.74, 6) is 1.70. The SMILES string of the molecule is CNCCCC1COc2ccc(C)cc21. The van der Waals surface area contributed by atoms with Crippen molar-refractivity contribution in [2.45, 2.75) is 25.7 Å². The molecule has 1 N–H and O–H groups in total. The Balaban J connectivity index is 2.03. The summed E-state index contributed by atoms with van der Waals surface area (Å²) in [5, 5.41) is 3.19. The first-order chi connectivity index (χ1) is 7.31. The second kappa shape index (κ2) is 4.67. The minimum absolute atomic E-state index is 0.605. The first-order valence-electron chi connectivity index (χ1n) is 5.69. The van der Waals surface area contributed by atoms with Crippen LogP contribution in [0.3, 0.4) is 0 Å². The number of ether oxygens (including phenoxy) is 1. The van der Waals surface area contributed by atoms with Gasteiger partial charge in [-0.25, -0.2) is 0 Å². The Bertz CT molecular complexity index is 335. The van der Waals surface area contributed by atoms with Crippen molar-refractivity contribution in [1.82, 2.24) is 5.32 Å². The van der Waals surface area contributed by atoms with Crippen molar-refractivity contribution in [2.24, 2.45) is 0 Å². The monoisotopic (exact) mass is 205 g/mol. The van der Waals surface area contributed by atoms with E-state index in [4.69, 9.17) is 4.74 Å². The fourth-order valence-electron chi connectivity index (χ4n) is 2.16. The van der Waals surface area contributed by atoms with E-state index in [0.29, 0.717) is 5.92 Å². The van der Waals surface area contributed by atoms with Gasteiger partial charge in [0.1, 0.15) is 5.75 Å². The van der Waals surface area contributed by atoms with Crippen molar-refractivity contribution in [3.63, 3.8) is 0 Å². The van der Waals surface area contributed by atoms with Gasteiger partial charge in [0.2, 0.25) is 0 Å². The lowest BCUT2D eigenvalue weighted by Crippen LogP contribution is -2.10. The molecule has 1 heterocycles. The molecule has 2 heteroatoms. The number of rotatable bonds is 4. The zero-order valence-electron chi connectivity index (χ0n) is 9.55. The van der Waals surface area contributed by atoms with Gasteiger partial charge in [-0.3, -0.25) is 0 Å². The van der Waals surface area contributed by atoms with Gasteiger partial charge in [-0.15, -0.1) is 0 Å². The van der Waals surface area contributed by atoms with Gasteiger partial charge < -0.3 is 10.1 Å². The third-order valence-corrected chi connectivity index (χ3v) is 3.02. The molecule has 0 saturated heterocycles. The molecule has 1 unspecified atom stereocenters. The average molecular weight is 205 g/mol. The lowest BCUT2D eigenvalue weighted by molar-refractivity contribution is 0.323. The van der Waals surface area contributed by atoms with E-state index in [-0.39, 0.29) is 0 Å². The molecule has 1 aromatic rings. The highest BCUT2D eigenvalue weighted by Gasteiger charge is 2.23. The summed E-state index contributed by atoms with van der Waals surface area (Å²) in [6.07, 6.45) is 2.44. The van der Waals surface area contributed by atoms with Crippen molar-refractivity contribution < 1.29 is 4.74 Å². The van der Waals surface area contributed by atoms with E-state index in [1.54, 1.807) is 0 Å². The average Bonchev–Trinajstić information content (AvgIpc) is 2.62. The molecule has 1 aliphatic heterocycles. The predicted octanol–water partition coefficient (Wildman–Crippen LogP) is 2.47.